The van der Waals surface area contributed by atoms with E-state index in [1.165, 1.54) is 12.1 Å². The van der Waals surface area contributed by atoms with Crippen LogP contribution in [0.4, 0.5) is 10.8 Å². The first kappa shape index (κ1) is 14.0. The van der Waals surface area contributed by atoms with Gasteiger partial charge in [0.25, 0.3) is 10.0 Å². The summed E-state index contributed by atoms with van der Waals surface area (Å²) in [6, 6.07) is 8.06. The Morgan fingerprint density at radius 1 is 1.26 bits per heavy atom. The van der Waals surface area contributed by atoms with Gasteiger partial charge >= 0.3 is 0 Å². The molecule has 2 aromatic rings. The minimum atomic E-state index is -4.01. The molecule has 102 valence electrons. The van der Waals surface area contributed by atoms with Crippen LogP contribution in [0, 0.1) is 0 Å². The molecule has 0 radical (unpaired) electrons. The third kappa shape index (κ3) is 3.13. The Balaban J connectivity index is 2.47. The lowest BCUT2D eigenvalue weighted by atomic mass is 10.3. The Morgan fingerprint density at radius 3 is 2.37 bits per heavy atom. The van der Waals surface area contributed by atoms with Crippen LogP contribution in [-0.2, 0) is 21.3 Å². The standard InChI is InChI=1S/C8H8N4O4S3/c9-19(15,16)8-11-10-7(17-8)12(18(13)14)6-4-2-1-3-5-6/h1-5H,(H,13,14)(H2,9,15,16)/p-1. The quantitative estimate of drug-likeness (QED) is 0.797. The molecule has 0 fully saturated rings. The lowest BCUT2D eigenvalue weighted by Gasteiger charge is -2.22. The third-order valence-electron chi connectivity index (χ3n) is 1.95. The van der Waals surface area contributed by atoms with Crippen LogP contribution in [0.25, 0.3) is 0 Å². The topological polar surface area (TPSA) is 129 Å². The van der Waals surface area contributed by atoms with Crippen LogP contribution >= 0.6 is 11.3 Å². The maximum Gasteiger partial charge on any atom is 0.267 e. The Kier molecular flexibility index (Phi) is 3.91. The van der Waals surface area contributed by atoms with E-state index in [0.717, 1.165) is 4.31 Å². The van der Waals surface area contributed by atoms with E-state index < -0.39 is 25.6 Å². The molecule has 2 rings (SSSR count). The molecule has 1 atom stereocenters. The Labute approximate surface area is 115 Å². The molecule has 1 aromatic heterocycles. The van der Waals surface area contributed by atoms with E-state index >= 15 is 0 Å². The summed E-state index contributed by atoms with van der Waals surface area (Å²) in [5.41, 5.74) is 0.313. The molecule has 11 heteroatoms. The number of aromatic nitrogens is 2. The third-order valence-corrected chi connectivity index (χ3v) is 4.97. The molecule has 1 aromatic carbocycles. The average Bonchev–Trinajstić information content (AvgIpc) is 2.79. The second-order valence-corrected chi connectivity index (χ2v) is 6.73. The van der Waals surface area contributed by atoms with Crippen molar-refractivity contribution in [2.24, 2.45) is 5.14 Å². The van der Waals surface area contributed by atoms with Gasteiger partial charge in [0, 0.05) is 0 Å². The first-order valence-corrected chi connectivity index (χ1v) is 8.10. The maximum absolute atomic E-state index is 11.2. The number of benzene rings is 1. The van der Waals surface area contributed by atoms with Crippen LogP contribution in [0.5, 0.6) is 0 Å². The highest BCUT2D eigenvalue weighted by Crippen LogP contribution is 2.30. The maximum atomic E-state index is 11.2. The zero-order valence-corrected chi connectivity index (χ0v) is 11.6. The van der Waals surface area contributed by atoms with Gasteiger partial charge in [-0.3, -0.25) is 4.21 Å². The summed E-state index contributed by atoms with van der Waals surface area (Å²) in [7, 11) is -4.01. The Morgan fingerprint density at radius 2 is 1.89 bits per heavy atom. The van der Waals surface area contributed by atoms with Crippen molar-refractivity contribution in [3.8, 4) is 0 Å². The predicted molar refractivity (Wildman–Crippen MR) is 68.8 cm³/mol. The van der Waals surface area contributed by atoms with Crippen molar-refractivity contribution >= 4 is 43.4 Å². The molecule has 8 nitrogen and oxygen atoms in total. The van der Waals surface area contributed by atoms with E-state index in [-0.39, 0.29) is 5.13 Å². The van der Waals surface area contributed by atoms with Gasteiger partial charge in [0.2, 0.25) is 9.47 Å². The van der Waals surface area contributed by atoms with Crippen molar-refractivity contribution < 1.29 is 17.2 Å². The predicted octanol–water partition coefficient (Wildman–Crippen LogP) is 0.118. The average molecular weight is 319 g/mol. The fourth-order valence-electron chi connectivity index (χ4n) is 1.22. The lowest BCUT2D eigenvalue weighted by molar-refractivity contribution is 0.537. The summed E-state index contributed by atoms with van der Waals surface area (Å²) in [5, 5.41) is 11.7. The number of hydrogen-bond donors (Lipinski definition) is 1. The van der Waals surface area contributed by atoms with Crippen molar-refractivity contribution in [2.75, 3.05) is 4.31 Å². The largest absolute Gasteiger partial charge is 0.755 e. The minimum absolute atomic E-state index is 0.108. The molecule has 0 spiro atoms. The number of nitrogens with two attached hydrogens (primary N) is 1. The van der Waals surface area contributed by atoms with E-state index in [9.17, 15) is 17.2 Å². The SMILES string of the molecule is NS(=O)(=O)c1nnc(N(c2ccccc2)S(=O)[O-])s1. The Hall–Kier alpha value is -1.40. The number of nitrogens with zero attached hydrogens (tertiary/aromatic N) is 3. The van der Waals surface area contributed by atoms with E-state index in [1.54, 1.807) is 18.2 Å². The summed E-state index contributed by atoms with van der Waals surface area (Å²) in [5.74, 6) is 0. The van der Waals surface area contributed by atoms with Crippen LogP contribution in [0.1, 0.15) is 0 Å². The number of hydrogen-bond acceptors (Lipinski definition) is 7. The van der Waals surface area contributed by atoms with Gasteiger partial charge in [-0.05, 0) is 12.1 Å². The highest BCUT2D eigenvalue weighted by Gasteiger charge is 2.20. The van der Waals surface area contributed by atoms with Gasteiger partial charge in [-0.1, -0.05) is 29.5 Å². The Bertz CT molecular complexity index is 700. The van der Waals surface area contributed by atoms with Gasteiger partial charge < -0.3 is 4.55 Å². The van der Waals surface area contributed by atoms with E-state index in [4.69, 9.17) is 5.14 Å². The van der Waals surface area contributed by atoms with E-state index in [2.05, 4.69) is 10.2 Å². The molecule has 0 aliphatic carbocycles. The van der Waals surface area contributed by atoms with Gasteiger partial charge in [0.15, 0.2) is 0 Å². The number of para-hydroxylation sites is 1. The van der Waals surface area contributed by atoms with Crippen molar-refractivity contribution in [1.29, 1.82) is 0 Å². The van der Waals surface area contributed by atoms with Crippen molar-refractivity contribution in [3.63, 3.8) is 0 Å². The van der Waals surface area contributed by atoms with Crippen LogP contribution in [0.15, 0.2) is 34.7 Å². The summed E-state index contributed by atoms with van der Waals surface area (Å²) in [4.78, 5) is 0. The number of rotatable bonds is 4. The summed E-state index contributed by atoms with van der Waals surface area (Å²) in [6.45, 7) is 0. The highest BCUT2D eigenvalue weighted by atomic mass is 32.2. The van der Waals surface area contributed by atoms with Gasteiger partial charge in [-0.15, -0.1) is 10.2 Å². The molecule has 0 saturated carbocycles. The van der Waals surface area contributed by atoms with Crippen molar-refractivity contribution in [3.05, 3.63) is 30.3 Å². The zero-order chi connectivity index (χ0) is 14.0. The zero-order valence-electron chi connectivity index (χ0n) is 9.16. The van der Waals surface area contributed by atoms with Crippen LogP contribution < -0.4 is 9.44 Å². The molecule has 0 bridgehead atoms. The van der Waals surface area contributed by atoms with Gasteiger partial charge in [0.05, 0.1) is 17.0 Å². The monoisotopic (exact) mass is 319 g/mol. The normalized spacial score (nSPS) is 13.2. The van der Waals surface area contributed by atoms with E-state index in [0.29, 0.717) is 17.0 Å². The highest BCUT2D eigenvalue weighted by molar-refractivity contribution is 7.91. The second-order valence-electron chi connectivity index (χ2n) is 3.24. The van der Waals surface area contributed by atoms with E-state index in [1.807, 2.05) is 0 Å². The molecular formula is C8H7N4O4S3-. The van der Waals surface area contributed by atoms with Crippen LogP contribution in [0.2, 0.25) is 0 Å². The lowest BCUT2D eigenvalue weighted by Crippen LogP contribution is -2.19. The number of anilines is 2. The molecule has 0 amide bonds. The molecule has 19 heavy (non-hydrogen) atoms. The minimum Gasteiger partial charge on any atom is -0.755 e. The van der Waals surface area contributed by atoms with Gasteiger partial charge in [-0.2, -0.15) is 0 Å². The first-order chi connectivity index (χ1) is 8.89. The fraction of sp³-hybridized carbons (Fsp3) is 0. The van der Waals surface area contributed by atoms with Gasteiger partial charge in [0.1, 0.15) is 0 Å². The summed E-state index contributed by atoms with van der Waals surface area (Å²) >= 11 is -2.09. The number of primary sulfonamides is 1. The molecular weight excluding hydrogens is 312 g/mol. The molecule has 0 aliphatic heterocycles. The smallest absolute Gasteiger partial charge is 0.267 e. The molecule has 0 saturated heterocycles. The van der Waals surface area contributed by atoms with Crippen molar-refractivity contribution in [1.82, 2.24) is 10.2 Å². The molecule has 0 aliphatic rings. The molecule has 1 unspecified atom stereocenters. The summed E-state index contributed by atoms with van der Waals surface area (Å²) < 4.78 is 45.0. The van der Waals surface area contributed by atoms with Crippen LogP contribution in [-0.4, -0.2) is 27.4 Å². The van der Waals surface area contributed by atoms with Gasteiger partial charge in [-0.25, -0.2) is 17.9 Å². The fourth-order valence-corrected chi connectivity index (χ4v) is 3.33. The summed E-state index contributed by atoms with van der Waals surface area (Å²) in [6.07, 6.45) is 0. The second kappa shape index (κ2) is 5.30. The molecule has 2 N–H and O–H groups in total. The van der Waals surface area contributed by atoms with Crippen molar-refractivity contribution in [2.45, 2.75) is 4.34 Å². The first-order valence-electron chi connectivity index (χ1n) is 4.70. The number of sulfonamides is 1. The van der Waals surface area contributed by atoms with Crippen LogP contribution in [0.3, 0.4) is 0 Å². The molecule has 1 heterocycles.